The zero-order chi connectivity index (χ0) is 28.7. The molecule has 202 valence electrons. The van der Waals surface area contributed by atoms with Crippen molar-refractivity contribution < 1.29 is 59.6 Å². The summed E-state index contributed by atoms with van der Waals surface area (Å²) >= 11 is 0. The van der Waals surface area contributed by atoms with Gasteiger partial charge in [0.1, 0.15) is 0 Å². The molecular weight excluding hydrogens is 516 g/mol. The second-order valence-electron chi connectivity index (χ2n) is 8.02. The minimum atomic E-state index is -1.60. The zero-order valence-corrected chi connectivity index (χ0v) is 19.9. The number of carbonyl (C=O) groups is 3. The molecule has 0 amide bonds. The molecule has 0 aromatic heterocycles. The monoisotopic (exact) mass is 538 g/mol. The highest BCUT2D eigenvalue weighted by molar-refractivity contribution is 5.91. The van der Waals surface area contributed by atoms with Crippen molar-refractivity contribution in [2.45, 2.75) is 12.5 Å². The SMILES string of the molecule is O=C(/C=C/c1ccc(O)c(O/C(=C\c2ccc(O)c(O)c2)C(=O)O)c1)O[C@H](Cc1ccc(O)c(O)c1)C(=O)O. The molecule has 12 heteroatoms. The topological polar surface area (TPSA) is 211 Å². The van der Waals surface area contributed by atoms with Crippen LogP contribution in [0.2, 0.25) is 0 Å². The normalized spacial score (nSPS) is 12.2. The average Bonchev–Trinajstić information content (AvgIpc) is 2.87. The van der Waals surface area contributed by atoms with Crippen molar-refractivity contribution >= 4 is 30.1 Å². The second kappa shape index (κ2) is 12.1. The number of phenols is 5. The van der Waals surface area contributed by atoms with E-state index >= 15 is 0 Å². The van der Waals surface area contributed by atoms with E-state index < -0.39 is 58.5 Å². The number of esters is 1. The lowest BCUT2D eigenvalue weighted by Crippen LogP contribution is -2.28. The maximum Gasteiger partial charge on any atom is 0.371 e. The standard InChI is InChI=1S/C27H22O12/c28-17-5-2-15(9-20(17)31)12-23(26(34)35)38-22-11-14(1-7-19(22)30)4-8-25(33)39-24(27(36)37)13-16-3-6-18(29)21(32)10-16/h1-12,24,28-32H,13H2,(H,34,35)(H,36,37)/b8-4+,23-12-/t24-/m1/s1. The molecule has 0 saturated carbocycles. The lowest BCUT2D eigenvalue weighted by Gasteiger charge is -2.13. The van der Waals surface area contributed by atoms with Crippen LogP contribution in [0.3, 0.4) is 0 Å². The summed E-state index contributed by atoms with van der Waals surface area (Å²) in [6, 6.07) is 11.0. The Kier molecular flexibility index (Phi) is 8.64. The van der Waals surface area contributed by atoms with Gasteiger partial charge in [-0.25, -0.2) is 14.4 Å². The minimum Gasteiger partial charge on any atom is -0.504 e. The molecule has 0 bridgehead atoms. The lowest BCUT2D eigenvalue weighted by molar-refractivity contribution is -0.160. The van der Waals surface area contributed by atoms with E-state index in [0.717, 1.165) is 36.4 Å². The van der Waals surface area contributed by atoms with Gasteiger partial charge in [-0.15, -0.1) is 0 Å². The lowest BCUT2D eigenvalue weighted by atomic mass is 10.1. The van der Waals surface area contributed by atoms with Gasteiger partial charge in [-0.05, 0) is 65.2 Å². The molecule has 3 aromatic carbocycles. The molecule has 39 heavy (non-hydrogen) atoms. The maximum atomic E-state index is 12.2. The van der Waals surface area contributed by atoms with Crippen LogP contribution in [-0.2, 0) is 25.5 Å². The van der Waals surface area contributed by atoms with Crippen LogP contribution in [-0.4, -0.2) is 59.8 Å². The molecule has 0 aliphatic rings. The number of carboxylic acid groups (broad SMARTS) is 2. The third-order valence-electron chi connectivity index (χ3n) is 5.12. The predicted octanol–water partition coefficient (Wildman–Crippen LogP) is 2.97. The number of hydrogen-bond donors (Lipinski definition) is 7. The van der Waals surface area contributed by atoms with Crippen LogP contribution in [0, 0.1) is 0 Å². The van der Waals surface area contributed by atoms with Gasteiger partial charge in [0.25, 0.3) is 0 Å². The Morgan fingerprint density at radius 2 is 1.36 bits per heavy atom. The fourth-order valence-corrected chi connectivity index (χ4v) is 3.18. The van der Waals surface area contributed by atoms with Gasteiger partial charge in [0.15, 0.2) is 34.5 Å². The molecule has 3 rings (SSSR count). The molecule has 0 aliphatic heterocycles. The minimum absolute atomic E-state index is 0.177. The number of carboxylic acids is 2. The van der Waals surface area contributed by atoms with Gasteiger partial charge >= 0.3 is 17.9 Å². The van der Waals surface area contributed by atoms with E-state index in [2.05, 4.69) is 0 Å². The van der Waals surface area contributed by atoms with E-state index in [0.29, 0.717) is 5.56 Å². The van der Waals surface area contributed by atoms with Gasteiger partial charge in [-0.2, -0.15) is 0 Å². The van der Waals surface area contributed by atoms with Crippen molar-refractivity contribution in [2.24, 2.45) is 0 Å². The summed E-state index contributed by atoms with van der Waals surface area (Å²) in [7, 11) is 0. The van der Waals surface area contributed by atoms with E-state index in [1.54, 1.807) is 0 Å². The van der Waals surface area contributed by atoms with Gasteiger partial charge in [-0.3, -0.25) is 0 Å². The Balaban J connectivity index is 1.74. The molecule has 0 radical (unpaired) electrons. The number of aromatic hydroxyl groups is 5. The number of carbonyl (C=O) groups excluding carboxylic acids is 1. The highest BCUT2D eigenvalue weighted by Crippen LogP contribution is 2.31. The van der Waals surface area contributed by atoms with Gasteiger partial charge in [0.2, 0.25) is 11.9 Å². The van der Waals surface area contributed by atoms with Crippen LogP contribution < -0.4 is 4.74 Å². The Bertz CT molecular complexity index is 1470. The van der Waals surface area contributed by atoms with E-state index in [4.69, 9.17) is 9.47 Å². The fraction of sp³-hybridized carbons (Fsp3) is 0.0741. The Hall–Kier alpha value is -5.65. The number of phenolic OH excluding ortho intramolecular Hbond substituents is 5. The van der Waals surface area contributed by atoms with Crippen molar-refractivity contribution in [1.29, 1.82) is 0 Å². The summed E-state index contributed by atoms with van der Waals surface area (Å²) < 4.78 is 10.3. The van der Waals surface area contributed by atoms with Crippen LogP contribution >= 0.6 is 0 Å². The van der Waals surface area contributed by atoms with E-state index in [-0.39, 0.29) is 23.3 Å². The molecular formula is C27H22O12. The Labute approximate surface area is 220 Å². The molecule has 1 atom stereocenters. The van der Waals surface area contributed by atoms with Crippen LogP contribution in [0.25, 0.3) is 12.2 Å². The quantitative estimate of drug-likeness (QED) is 0.0859. The largest absolute Gasteiger partial charge is 0.504 e. The molecule has 3 aromatic rings. The van der Waals surface area contributed by atoms with Crippen LogP contribution in [0.1, 0.15) is 16.7 Å². The van der Waals surface area contributed by atoms with Gasteiger partial charge < -0.3 is 45.2 Å². The Morgan fingerprint density at radius 3 is 1.97 bits per heavy atom. The first kappa shape index (κ1) is 27.9. The highest BCUT2D eigenvalue weighted by atomic mass is 16.6. The number of aliphatic carboxylic acids is 2. The average molecular weight is 538 g/mol. The van der Waals surface area contributed by atoms with E-state index in [1.165, 1.54) is 36.4 Å². The molecule has 0 spiro atoms. The van der Waals surface area contributed by atoms with Gasteiger partial charge in [0, 0.05) is 12.5 Å². The molecule has 0 heterocycles. The van der Waals surface area contributed by atoms with Crippen LogP contribution in [0.5, 0.6) is 34.5 Å². The maximum absolute atomic E-state index is 12.2. The first-order valence-corrected chi connectivity index (χ1v) is 11.0. The fourth-order valence-electron chi connectivity index (χ4n) is 3.18. The number of rotatable bonds is 10. The molecule has 0 unspecified atom stereocenters. The molecule has 7 N–H and O–H groups in total. The Morgan fingerprint density at radius 1 is 0.744 bits per heavy atom. The summed E-state index contributed by atoms with van der Waals surface area (Å²) in [6.07, 6.45) is 1.27. The zero-order valence-electron chi connectivity index (χ0n) is 19.9. The first-order chi connectivity index (χ1) is 18.4. The molecule has 12 nitrogen and oxygen atoms in total. The summed E-state index contributed by atoms with van der Waals surface area (Å²) in [6.45, 7) is 0. The summed E-state index contributed by atoms with van der Waals surface area (Å²) in [5.74, 6) is -7.09. The van der Waals surface area contributed by atoms with Crippen LogP contribution in [0.4, 0.5) is 0 Å². The summed E-state index contributed by atoms with van der Waals surface area (Å²) in [5, 5.41) is 66.9. The third-order valence-corrected chi connectivity index (χ3v) is 5.12. The molecule has 0 aliphatic carbocycles. The number of benzene rings is 3. The third kappa shape index (κ3) is 7.67. The smallest absolute Gasteiger partial charge is 0.371 e. The number of hydrogen-bond acceptors (Lipinski definition) is 10. The summed E-state index contributed by atoms with van der Waals surface area (Å²) in [4.78, 5) is 35.4. The van der Waals surface area contributed by atoms with Crippen molar-refractivity contribution in [2.75, 3.05) is 0 Å². The van der Waals surface area contributed by atoms with Crippen molar-refractivity contribution in [3.05, 3.63) is 83.1 Å². The molecule has 0 saturated heterocycles. The van der Waals surface area contributed by atoms with E-state index in [1.807, 2.05) is 0 Å². The van der Waals surface area contributed by atoms with Crippen LogP contribution in [0.15, 0.2) is 66.4 Å². The van der Waals surface area contributed by atoms with Gasteiger partial charge in [-0.1, -0.05) is 18.2 Å². The summed E-state index contributed by atoms with van der Waals surface area (Å²) in [5.41, 5.74) is 0.721. The van der Waals surface area contributed by atoms with Crippen molar-refractivity contribution in [3.8, 4) is 34.5 Å². The van der Waals surface area contributed by atoms with Gasteiger partial charge in [0.05, 0.1) is 0 Å². The highest BCUT2D eigenvalue weighted by Gasteiger charge is 2.22. The first-order valence-electron chi connectivity index (χ1n) is 11.0. The van der Waals surface area contributed by atoms with E-state index in [9.17, 15) is 50.1 Å². The predicted molar refractivity (Wildman–Crippen MR) is 134 cm³/mol. The van der Waals surface area contributed by atoms with Crippen molar-refractivity contribution in [1.82, 2.24) is 0 Å². The number of ether oxygens (including phenoxy) is 2. The second-order valence-corrected chi connectivity index (χ2v) is 8.02. The molecule has 0 fully saturated rings. The van der Waals surface area contributed by atoms with Crippen molar-refractivity contribution in [3.63, 3.8) is 0 Å².